The first kappa shape index (κ1) is 22.8. The molecule has 0 aliphatic carbocycles. The average molecular weight is 503 g/mol. The van der Waals surface area contributed by atoms with Crippen LogP contribution < -0.4 is 14.4 Å². The van der Waals surface area contributed by atoms with Crippen molar-refractivity contribution in [1.82, 2.24) is 5.32 Å². The zero-order valence-electron chi connectivity index (χ0n) is 17.0. The van der Waals surface area contributed by atoms with Crippen LogP contribution >= 0.6 is 15.9 Å². The van der Waals surface area contributed by atoms with Crippen molar-refractivity contribution in [3.8, 4) is 5.75 Å². The van der Waals surface area contributed by atoms with Gasteiger partial charge in [-0.1, -0.05) is 42.5 Å². The molecule has 3 aromatic rings. The number of carbonyl (C=O) groups is 1. The van der Waals surface area contributed by atoms with Crippen LogP contribution in [-0.2, 0) is 16.6 Å². The molecule has 0 spiro atoms. The second kappa shape index (κ2) is 10.5. The van der Waals surface area contributed by atoms with Crippen LogP contribution in [0.25, 0.3) is 0 Å². The predicted octanol–water partition coefficient (Wildman–Crippen LogP) is 4.22. The summed E-state index contributed by atoms with van der Waals surface area (Å²) >= 11 is 3.41. The van der Waals surface area contributed by atoms with Crippen molar-refractivity contribution in [2.45, 2.75) is 6.54 Å². The van der Waals surface area contributed by atoms with Gasteiger partial charge in [0.2, 0.25) is 10.0 Å². The summed E-state index contributed by atoms with van der Waals surface area (Å²) in [6.07, 6.45) is 1.17. The van der Waals surface area contributed by atoms with Gasteiger partial charge < -0.3 is 10.1 Å². The highest BCUT2D eigenvalue weighted by atomic mass is 79.9. The molecule has 0 fully saturated rings. The van der Waals surface area contributed by atoms with Crippen LogP contribution in [0.15, 0.2) is 83.3 Å². The minimum Gasteiger partial charge on any atom is -0.492 e. The molecule has 0 saturated carbocycles. The van der Waals surface area contributed by atoms with Crippen molar-refractivity contribution in [3.63, 3.8) is 0 Å². The van der Waals surface area contributed by atoms with E-state index >= 15 is 0 Å². The number of rotatable bonds is 9. The van der Waals surface area contributed by atoms with Gasteiger partial charge in [0.25, 0.3) is 5.91 Å². The number of halogens is 1. The lowest BCUT2D eigenvalue weighted by molar-refractivity contribution is 0.0947. The first-order valence-corrected chi connectivity index (χ1v) is 12.3. The summed E-state index contributed by atoms with van der Waals surface area (Å²) in [4.78, 5) is 12.3. The van der Waals surface area contributed by atoms with E-state index in [0.717, 1.165) is 11.3 Å². The van der Waals surface area contributed by atoms with Gasteiger partial charge in [0.05, 0.1) is 25.0 Å². The van der Waals surface area contributed by atoms with Crippen molar-refractivity contribution in [3.05, 3.63) is 94.5 Å². The van der Waals surface area contributed by atoms with Gasteiger partial charge in [0.1, 0.15) is 12.4 Å². The van der Waals surface area contributed by atoms with Gasteiger partial charge in [-0.2, -0.15) is 0 Å². The molecule has 31 heavy (non-hydrogen) atoms. The van der Waals surface area contributed by atoms with Gasteiger partial charge in [-0.05, 0) is 57.9 Å². The fourth-order valence-corrected chi connectivity index (χ4v) is 4.43. The summed E-state index contributed by atoms with van der Waals surface area (Å²) in [7, 11) is -3.49. The molecule has 0 bridgehead atoms. The molecule has 6 nitrogen and oxygen atoms in total. The van der Waals surface area contributed by atoms with E-state index in [1.807, 2.05) is 36.4 Å². The third-order valence-electron chi connectivity index (χ3n) is 4.46. The summed E-state index contributed by atoms with van der Waals surface area (Å²) in [6.45, 7) is 0.900. The van der Waals surface area contributed by atoms with Crippen LogP contribution in [-0.4, -0.2) is 33.7 Å². The molecule has 0 saturated heterocycles. The lowest BCUT2D eigenvalue weighted by atomic mass is 10.1. The highest BCUT2D eigenvalue weighted by Gasteiger charge is 2.20. The van der Waals surface area contributed by atoms with E-state index in [4.69, 9.17) is 4.74 Å². The first-order valence-electron chi connectivity index (χ1n) is 9.62. The molecule has 0 radical (unpaired) electrons. The van der Waals surface area contributed by atoms with Crippen LogP contribution in [0, 0.1) is 0 Å². The topological polar surface area (TPSA) is 75.7 Å². The normalized spacial score (nSPS) is 11.0. The molecule has 162 valence electrons. The van der Waals surface area contributed by atoms with E-state index in [9.17, 15) is 13.2 Å². The summed E-state index contributed by atoms with van der Waals surface area (Å²) < 4.78 is 32.3. The number of nitrogens with one attached hydrogen (secondary N) is 1. The Morgan fingerprint density at radius 2 is 1.61 bits per heavy atom. The second-order valence-corrected chi connectivity index (χ2v) is 9.60. The van der Waals surface area contributed by atoms with Crippen LogP contribution in [0.2, 0.25) is 0 Å². The highest BCUT2D eigenvalue weighted by Crippen LogP contribution is 2.29. The standard InChI is InChI=1S/C23H23BrN2O4S/c1-31(28,29)26(22-10-6-5-9-21(22)24)17-18-11-13-19(14-12-18)23(27)25-15-16-30-20-7-3-2-4-8-20/h2-14H,15-17H2,1H3,(H,25,27). The minimum absolute atomic E-state index is 0.161. The number of sulfonamides is 1. The fourth-order valence-electron chi connectivity index (χ4n) is 2.91. The van der Waals surface area contributed by atoms with Crippen LogP contribution in [0.1, 0.15) is 15.9 Å². The largest absolute Gasteiger partial charge is 0.492 e. The number of hydrogen-bond acceptors (Lipinski definition) is 4. The Labute approximate surface area is 191 Å². The zero-order chi connectivity index (χ0) is 22.3. The molecule has 0 aliphatic heterocycles. The minimum atomic E-state index is -3.49. The lowest BCUT2D eigenvalue weighted by Crippen LogP contribution is -2.30. The molecule has 0 heterocycles. The first-order chi connectivity index (χ1) is 14.8. The summed E-state index contributed by atoms with van der Waals surface area (Å²) in [5.41, 5.74) is 1.82. The Kier molecular flexibility index (Phi) is 7.70. The number of hydrogen-bond donors (Lipinski definition) is 1. The van der Waals surface area contributed by atoms with Crippen molar-refractivity contribution in [1.29, 1.82) is 0 Å². The lowest BCUT2D eigenvalue weighted by Gasteiger charge is -2.23. The third-order valence-corrected chi connectivity index (χ3v) is 6.26. The quantitative estimate of drug-likeness (QED) is 0.444. The van der Waals surface area contributed by atoms with Crippen LogP contribution in [0.4, 0.5) is 5.69 Å². The molecule has 0 aromatic heterocycles. The molecular weight excluding hydrogens is 480 g/mol. The molecule has 8 heteroatoms. The number of benzene rings is 3. The molecule has 0 aliphatic rings. The number of amides is 1. The van der Waals surface area contributed by atoms with Crippen LogP contribution in [0.5, 0.6) is 5.75 Å². The summed E-state index contributed by atoms with van der Waals surface area (Å²) in [6, 6.07) is 23.4. The molecule has 0 unspecified atom stereocenters. The van der Waals surface area contributed by atoms with Gasteiger partial charge in [-0.15, -0.1) is 0 Å². The molecule has 0 atom stereocenters. The highest BCUT2D eigenvalue weighted by molar-refractivity contribution is 9.10. The maximum Gasteiger partial charge on any atom is 0.251 e. The average Bonchev–Trinajstić information content (AvgIpc) is 2.76. The van der Waals surface area contributed by atoms with Crippen LogP contribution in [0.3, 0.4) is 0 Å². The molecule has 3 rings (SSSR count). The van der Waals surface area contributed by atoms with Gasteiger partial charge in [-0.3, -0.25) is 9.10 Å². The number of ether oxygens (including phenoxy) is 1. The van der Waals surface area contributed by atoms with E-state index in [-0.39, 0.29) is 12.5 Å². The maximum absolute atomic E-state index is 12.3. The number of anilines is 1. The molecule has 1 N–H and O–H groups in total. The number of para-hydroxylation sites is 2. The van der Waals surface area contributed by atoms with Gasteiger partial charge in [-0.25, -0.2) is 8.42 Å². The smallest absolute Gasteiger partial charge is 0.251 e. The van der Waals surface area contributed by atoms with E-state index in [2.05, 4.69) is 21.2 Å². The third kappa shape index (κ3) is 6.57. The molecular formula is C23H23BrN2O4S. The SMILES string of the molecule is CS(=O)(=O)N(Cc1ccc(C(=O)NCCOc2ccccc2)cc1)c1ccccc1Br. The van der Waals surface area contributed by atoms with E-state index in [1.54, 1.807) is 42.5 Å². The van der Waals surface area contributed by atoms with Gasteiger partial charge in [0.15, 0.2) is 0 Å². The Hall–Kier alpha value is -2.84. The maximum atomic E-state index is 12.3. The Bertz CT molecular complexity index is 1120. The van der Waals surface area contributed by atoms with Crippen molar-refractivity contribution >= 4 is 37.5 Å². The Balaban J connectivity index is 1.59. The van der Waals surface area contributed by atoms with Crippen molar-refractivity contribution in [2.24, 2.45) is 0 Å². The predicted molar refractivity (Wildman–Crippen MR) is 126 cm³/mol. The summed E-state index contributed by atoms with van der Waals surface area (Å²) in [5, 5.41) is 2.81. The fraction of sp³-hybridized carbons (Fsp3) is 0.174. The van der Waals surface area contributed by atoms with Crippen molar-refractivity contribution < 1.29 is 17.9 Å². The number of nitrogens with zero attached hydrogens (tertiary/aromatic N) is 1. The van der Waals surface area contributed by atoms with Gasteiger partial charge >= 0.3 is 0 Å². The zero-order valence-corrected chi connectivity index (χ0v) is 19.4. The molecule has 1 amide bonds. The van der Waals surface area contributed by atoms with E-state index < -0.39 is 10.0 Å². The number of carbonyl (C=O) groups excluding carboxylic acids is 1. The van der Waals surface area contributed by atoms with E-state index in [1.165, 1.54) is 10.6 Å². The summed E-state index contributed by atoms with van der Waals surface area (Å²) in [5.74, 6) is 0.538. The Morgan fingerprint density at radius 3 is 2.26 bits per heavy atom. The van der Waals surface area contributed by atoms with Gasteiger partial charge in [0, 0.05) is 10.0 Å². The molecule has 3 aromatic carbocycles. The van der Waals surface area contributed by atoms with Crippen molar-refractivity contribution in [2.75, 3.05) is 23.7 Å². The monoisotopic (exact) mass is 502 g/mol. The van der Waals surface area contributed by atoms with E-state index in [0.29, 0.717) is 28.9 Å². The Morgan fingerprint density at radius 1 is 0.968 bits per heavy atom. The second-order valence-electron chi connectivity index (χ2n) is 6.84.